The predicted octanol–water partition coefficient (Wildman–Crippen LogP) is 6.26. The van der Waals surface area contributed by atoms with Gasteiger partial charge in [0.25, 0.3) is 5.91 Å². The molecule has 1 atom stereocenters. The van der Waals surface area contributed by atoms with Crippen LogP contribution in [-0.2, 0) is 4.79 Å². The van der Waals surface area contributed by atoms with Gasteiger partial charge in [-0.15, -0.1) is 0 Å². The Kier molecular flexibility index (Phi) is 7.98. The Hall–Kier alpha value is -3.87. The van der Waals surface area contributed by atoms with E-state index in [0.717, 1.165) is 5.56 Å². The topological polar surface area (TPSA) is 83.7 Å². The van der Waals surface area contributed by atoms with E-state index >= 15 is 0 Å². The first-order chi connectivity index (χ1) is 17.0. The number of hydrogen-bond donors (Lipinski definition) is 2. The third-order valence-corrected chi connectivity index (χ3v) is 5.98. The first-order valence-corrected chi connectivity index (χ1v) is 11.5. The van der Waals surface area contributed by atoms with Gasteiger partial charge in [-0.1, -0.05) is 77.8 Å². The maximum absolute atomic E-state index is 12.7. The van der Waals surface area contributed by atoms with Crippen molar-refractivity contribution in [2.24, 2.45) is 5.10 Å². The second-order valence-corrected chi connectivity index (χ2v) is 8.39. The first-order valence-electron chi connectivity index (χ1n) is 10.8. The summed E-state index contributed by atoms with van der Waals surface area (Å²) in [7, 11) is 0. The average molecular weight is 506 g/mol. The van der Waals surface area contributed by atoms with Gasteiger partial charge in [0.05, 0.1) is 28.7 Å². The number of furan rings is 1. The van der Waals surface area contributed by atoms with E-state index < -0.39 is 6.04 Å². The van der Waals surface area contributed by atoms with Gasteiger partial charge in [-0.05, 0) is 42.0 Å². The summed E-state index contributed by atoms with van der Waals surface area (Å²) in [6.07, 6.45) is 1.39. The van der Waals surface area contributed by atoms with E-state index in [1.807, 2.05) is 36.4 Å². The van der Waals surface area contributed by atoms with Crippen LogP contribution >= 0.6 is 23.2 Å². The number of rotatable bonds is 8. The van der Waals surface area contributed by atoms with Crippen LogP contribution in [0.2, 0.25) is 10.0 Å². The molecule has 0 saturated carbocycles. The number of carbonyl (C=O) groups excluding carboxylic acids is 2. The molecule has 1 aromatic heterocycles. The molecular formula is C27H21Cl2N3O3. The smallest absolute Gasteiger partial charge is 0.251 e. The molecule has 8 heteroatoms. The highest BCUT2D eigenvalue weighted by Gasteiger charge is 2.19. The van der Waals surface area contributed by atoms with Gasteiger partial charge in [0, 0.05) is 11.1 Å². The molecule has 0 bridgehead atoms. The molecule has 0 aliphatic rings. The number of hydrogen-bond acceptors (Lipinski definition) is 4. The SMILES string of the molecule is O=C(C[C@@H](NC(=O)c1ccccc1)c1ccccc1)N/N=C\c1ccc(-c2cccc(Cl)c2Cl)o1. The highest BCUT2D eigenvalue weighted by Crippen LogP contribution is 2.34. The van der Waals surface area contributed by atoms with Gasteiger partial charge in [0.2, 0.25) is 5.91 Å². The molecule has 4 rings (SSSR count). The van der Waals surface area contributed by atoms with Crippen molar-refractivity contribution < 1.29 is 14.0 Å². The van der Waals surface area contributed by atoms with Crippen molar-refractivity contribution in [1.82, 2.24) is 10.7 Å². The van der Waals surface area contributed by atoms with Crippen LogP contribution in [-0.4, -0.2) is 18.0 Å². The van der Waals surface area contributed by atoms with Crippen molar-refractivity contribution >= 4 is 41.2 Å². The lowest BCUT2D eigenvalue weighted by molar-refractivity contribution is -0.121. The lowest BCUT2D eigenvalue weighted by Crippen LogP contribution is -2.32. The Labute approximate surface area is 212 Å². The summed E-state index contributed by atoms with van der Waals surface area (Å²) in [5, 5.41) is 7.73. The number of nitrogens with one attached hydrogen (secondary N) is 2. The molecule has 0 unspecified atom stereocenters. The zero-order chi connectivity index (χ0) is 24.6. The van der Waals surface area contributed by atoms with Crippen molar-refractivity contribution in [3.8, 4) is 11.3 Å². The Morgan fingerprint density at radius 3 is 2.34 bits per heavy atom. The standard InChI is InChI=1S/C27H21Cl2N3O3/c28-22-13-7-12-21(26(22)29)24-15-14-20(35-24)17-30-32-25(33)16-23(18-8-3-1-4-9-18)31-27(34)19-10-5-2-6-11-19/h1-15,17,23H,16H2,(H,31,34)(H,32,33)/b30-17-/t23-/m1/s1. The minimum atomic E-state index is -0.528. The number of amides is 2. The summed E-state index contributed by atoms with van der Waals surface area (Å²) < 4.78 is 5.74. The molecule has 176 valence electrons. The van der Waals surface area contributed by atoms with Crippen LogP contribution in [0.1, 0.15) is 34.1 Å². The van der Waals surface area contributed by atoms with E-state index in [4.69, 9.17) is 27.6 Å². The van der Waals surface area contributed by atoms with E-state index in [0.29, 0.717) is 32.7 Å². The van der Waals surface area contributed by atoms with E-state index in [1.165, 1.54) is 6.21 Å². The maximum Gasteiger partial charge on any atom is 0.251 e. The molecule has 0 aliphatic carbocycles. The number of benzene rings is 3. The summed E-state index contributed by atoms with van der Waals surface area (Å²) in [5.74, 6) is 0.318. The maximum atomic E-state index is 12.7. The van der Waals surface area contributed by atoms with Crippen LogP contribution in [0.25, 0.3) is 11.3 Å². The van der Waals surface area contributed by atoms with Crippen molar-refractivity contribution in [2.45, 2.75) is 12.5 Å². The molecule has 0 saturated heterocycles. The van der Waals surface area contributed by atoms with Crippen molar-refractivity contribution in [3.63, 3.8) is 0 Å². The van der Waals surface area contributed by atoms with Gasteiger partial charge >= 0.3 is 0 Å². The molecule has 2 N–H and O–H groups in total. The van der Waals surface area contributed by atoms with E-state index in [9.17, 15) is 9.59 Å². The van der Waals surface area contributed by atoms with Crippen LogP contribution in [0, 0.1) is 0 Å². The first kappa shape index (κ1) is 24.3. The molecule has 6 nitrogen and oxygen atoms in total. The van der Waals surface area contributed by atoms with Crippen LogP contribution in [0.4, 0.5) is 0 Å². The molecule has 35 heavy (non-hydrogen) atoms. The minimum Gasteiger partial charge on any atom is -0.455 e. The molecule has 3 aromatic carbocycles. The molecule has 0 fully saturated rings. The predicted molar refractivity (Wildman–Crippen MR) is 138 cm³/mol. The van der Waals surface area contributed by atoms with Crippen molar-refractivity contribution in [2.75, 3.05) is 0 Å². The number of nitrogens with zero attached hydrogens (tertiary/aromatic N) is 1. The largest absolute Gasteiger partial charge is 0.455 e. The van der Waals surface area contributed by atoms with Crippen LogP contribution in [0.5, 0.6) is 0 Å². The molecule has 0 radical (unpaired) electrons. The Bertz CT molecular complexity index is 1340. The monoisotopic (exact) mass is 505 g/mol. The van der Waals surface area contributed by atoms with Crippen LogP contribution < -0.4 is 10.7 Å². The second kappa shape index (κ2) is 11.5. The Balaban J connectivity index is 1.40. The zero-order valence-corrected chi connectivity index (χ0v) is 20.0. The van der Waals surface area contributed by atoms with E-state index in [-0.39, 0.29) is 18.2 Å². The van der Waals surface area contributed by atoms with Gasteiger partial charge in [-0.3, -0.25) is 9.59 Å². The summed E-state index contributed by atoms with van der Waals surface area (Å²) >= 11 is 12.3. The fraction of sp³-hybridized carbons (Fsp3) is 0.0741. The molecule has 2 amide bonds. The molecule has 4 aromatic rings. The Morgan fingerprint density at radius 1 is 0.886 bits per heavy atom. The average Bonchev–Trinajstić information content (AvgIpc) is 3.35. The van der Waals surface area contributed by atoms with Crippen molar-refractivity contribution in [3.05, 3.63) is 118 Å². The van der Waals surface area contributed by atoms with Gasteiger partial charge < -0.3 is 9.73 Å². The summed E-state index contributed by atoms with van der Waals surface area (Å²) in [4.78, 5) is 25.3. The van der Waals surface area contributed by atoms with Crippen LogP contribution in [0.15, 0.2) is 101 Å². The van der Waals surface area contributed by atoms with Crippen molar-refractivity contribution in [1.29, 1.82) is 0 Å². The zero-order valence-electron chi connectivity index (χ0n) is 18.4. The van der Waals surface area contributed by atoms with Gasteiger partial charge in [-0.25, -0.2) is 5.43 Å². The van der Waals surface area contributed by atoms with Gasteiger partial charge in [-0.2, -0.15) is 5.10 Å². The fourth-order valence-electron chi connectivity index (χ4n) is 3.43. The van der Waals surface area contributed by atoms with Crippen LogP contribution in [0.3, 0.4) is 0 Å². The summed E-state index contributed by atoms with van der Waals surface area (Å²) in [6.45, 7) is 0. The third kappa shape index (κ3) is 6.38. The lowest BCUT2D eigenvalue weighted by atomic mass is 10.0. The van der Waals surface area contributed by atoms with Gasteiger partial charge in [0.15, 0.2) is 0 Å². The quantitative estimate of drug-likeness (QED) is 0.218. The van der Waals surface area contributed by atoms with E-state index in [2.05, 4.69) is 15.8 Å². The normalized spacial score (nSPS) is 11.8. The number of halogens is 2. The molecule has 1 heterocycles. The lowest BCUT2D eigenvalue weighted by Gasteiger charge is -2.18. The number of hydrazone groups is 1. The number of carbonyl (C=O) groups is 2. The summed E-state index contributed by atoms with van der Waals surface area (Å²) in [5.41, 5.74) is 4.47. The second-order valence-electron chi connectivity index (χ2n) is 7.60. The highest BCUT2D eigenvalue weighted by molar-refractivity contribution is 6.43. The Morgan fingerprint density at radius 2 is 1.60 bits per heavy atom. The minimum absolute atomic E-state index is 0.00144. The summed E-state index contributed by atoms with van der Waals surface area (Å²) in [6, 6.07) is 26.3. The van der Waals surface area contributed by atoms with E-state index in [1.54, 1.807) is 54.6 Å². The molecular weight excluding hydrogens is 485 g/mol. The molecule has 0 spiro atoms. The fourth-order valence-corrected chi connectivity index (χ4v) is 3.82. The molecule has 0 aliphatic heterocycles. The van der Waals surface area contributed by atoms with Gasteiger partial charge in [0.1, 0.15) is 11.5 Å². The highest BCUT2D eigenvalue weighted by atomic mass is 35.5. The third-order valence-electron chi connectivity index (χ3n) is 5.16.